The molecule has 0 aliphatic carbocycles. The lowest BCUT2D eigenvalue weighted by atomic mass is 9.83. The summed E-state index contributed by atoms with van der Waals surface area (Å²) >= 11 is 10.4. The Morgan fingerprint density at radius 2 is 0.632 bits per heavy atom. The molecule has 144 heavy (non-hydrogen) atoms. The molecule has 6 saturated heterocycles. The van der Waals surface area contributed by atoms with E-state index in [2.05, 4.69) is 79.7 Å². The van der Waals surface area contributed by atoms with Crippen molar-refractivity contribution in [3.8, 4) is 17.2 Å². The van der Waals surface area contributed by atoms with Crippen molar-refractivity contribution in [1.29, 1.82) is 0 Å². The van der Waals surface area contributed by atoms with Gasteiger partial charge in [0.15, 0.2) is 11.6 Å². The van der Waals surface area contributed by atoms with Crippen LogP contribution in [0.4, 0.5) is 0 Å². The molecule has 10 aromatic rings. The Bertz CT molecular complexity index is 5840. The van der Waals surface area contributed by atoms with Crippen LogP contribution in [-0.4, -0.2) is 170 Å². The van der Waals surface area contributed by atoms with E-state index in [9.17, 15) is 48.6 Å². The highest BCUT2D eigenvalue weighted by molar-refractivity contribution is 9.11. The number of Topliss-reactive ketones (excluding diaryl/α,β-unsaturated/α-hetero) is 2. The molecule has 0 amide bonds. The molecule has 0 spiro atoms. The van der Waals surface area contributed by atoms with Crippen LogP contribution in [0.5, 0.6) is 17.2 Å². The van der Waals surface area contributed by atoms with Crippen molar-refractivity contribution in [2.75, 3.05) is 78.5 Å². The smallest absolute Gasteiger partial charge is 0.342 e. The number of esters is 6. The lowest BCUT2D eigenvalue weighted by Gasteiger charge is -2.36. The second-order valence-corrected chi connectivity index (χ2v) is 44.0. The zero-order valence-electron chi connectivity index (χ0n) is 86.0. The fraction of sp³-hybridized carbons (Fsp3) is 0.475. The van der Waals surface area contributed by atoms with Gasteiger partial charge >= 0.3 is 35.8 Å². The van der Waals surface area contributed by atoms with Gasteiger partial charge in [0.2, 0.25) is 0 Å². The Kier molecular flexibility index (Phi) is 43.5. The van der Waals surface area contributed by atoms with Crippen LogP contribution in [0.1, 0.15) is 273 Å². The molecule has 6 aliphatic heterocycles. The zero-order chi connectivity index (χ0) is 104. The van der Waals surface area contributed by atoms with Crippen LogP contribution >= 0.6 is 47.8 Å². The minimum atomic E-state index is -0.566. The van der Waals surface area contributed by atoms with E-state index in [1.165, 1.54) is 0 Å². The normalized spacial score (nSPS) is 16.1. The molecular formula is C118H149Br3N6O17. The number of rotatable bonds is 30. The molecule has 0 atom stereocenters. The van der Waals surface area contributed by atoms with Gasteiger partial charge in [0.05, 0.1) is 15.6 Å². The third-order valence-electron chi connectivity index (χ3n) is 28.9. The Balaban J connectivity index is 0.000000165. The van der Waals surface area contributed by atoms with Gasteiger partial charge in [-0.3, -0.25) is 19.2 Å². The molecule has 0 saturated carbocycles. The molecule has 0 unspecified atom stereocenters. The van der Waals surface area contributed by atoms with Gasteiger partial charge in [-0.15, -0.1) is 0 Å². The number of piperidine rings is 6. The molecule has 10 aromatic carbocycles. The van der Waals surface area contributed by atoms with Crippen molar-refractivity contribution in [3.63, 3.8) is 0 Å². The fourth-order valence-corrected chi connectivity index (χ4v) is 21.3. The maximum absolute atomic E-state index is 12.7. The van der Waals surface area contributed by atoms with Crippen molar-refractivity contribution in [2.24, 2.45) is 35.5 Å². The predicted molar refractivity (Wildman–Crippen MR) is 581 cm³/mol. The van der Waals surface area contributed by atoms with Crippen molar-refractivity contribution in [3.05, 3.63) is 265 Å². The van der Waals surface area contributed by atoms with Gasteiger partial charge in [-0.1, -0.05) is 168 Å². The van der Waals surface area contributed by atoms with Crippen LogP contribution in [-0.2, 0) is 44.6 Å². The lowest BCUT2D eigenvalue weighted by molar-refractivity contribution is -0.164. The average Bonchev–Trinajstić information content (AvgIpc) is 0.707. The molecule has 774 valence electrons. The summed E-state index contributed by atoms with van der Waals surface area (Å²) in [7, 11) is 0. The third-order valence-corrected chi connectivity index (χ3v) is 31.0. The highest BCUT2D eigenvalue weighted by Crippen LogP contribution is 2.42. The molecule has 8 N–H and O–H groups in total. The minimum Gasteiger partial charge on any atom is -0.507 e. The average molecular weight is 2160 g/mol. The SMILES string of the molecule is CC(C)(OC(=O)CCCC(=O)c1ccccc1)C1CCNCC1.CC(C)(OC(=O)CCCCC(=O)c1ccccc1)C1CCNCC1.CC(C)(OC(=O)c1cc2cc(Br)ccc2cc1O)C1CCNCC1.CC(C)(OC(=O)c1cc2ccccc2c(Br)c1O)C1CCNCC1.CC(C)(OC(=O)c1ccc(OCc2ccccc2)cc1)C1CCNCC1.CC(C)(OC(=O)c1ccc2ccccc2c1Br)C1CCNCC1. The van der Waals surface area contributed by atoms with Crippen molar-refractivity contribution >= 4 is 127 Å². The number of nitrogens with one attached hydrogen (secondary N) is 6. The van der Waals surface area contributed by atoms with Crippen LogP contribution in [0, 0.1) is 35.5 Å². The summed E-state index contributed by atoms with van der Waals surface area (Å²) in [6.45, 7) is 36.1. The van der Waals surface area contributed by atoms with E-state index in [0.717, 1.165) is 220 Å². The number of hydrogen-bond acceptors (Lipinski definition) is 23. The van der Waals surface area contributed by atoms with Gasteiger partial charge in [-0.25, -0.2) is 19.2 Å². The second-order valence-electron chi connectivity index (χ2n) is 41.5. The summed E-state index contributed by atoms with van der Waals surface area (Å²) in [6, 6.07) is 65.8. The van der Waals surface area contributed by atoms with Crippen LogP contribution in [0.2, 0.25) is 0 Å². The van der Waals surface area contributed by atoms with Gasteiger partial charge in [0.1, 0.15) is 68.6 Å². The predicted octanol–water partition coefficient (Wildman–Crippen LogP) is 24.3. The summed E-state index contributed by atoms with van der Waals surface area (Å²) < 4.78 is 42.7. The Morgan fingerprint density at radius 1 is 0.299 bits per heavy atom. The number of fused-ring (bicyclic) bond motifs is 3. The van der Waals surface area contributed by atoms with Crippen LogP contribution in [0.15, 0.2) is 226 Å². The number of carbonyl (C=O) groups excluding carboxylic acids is 8. The van der Waals surface area contributed by atoms with E-state index >= 15 is 0 Å². The number of ether oxygens (including phenoxy) is 7. The molecule has 16 rings (SSSR count). The molecule has 6 aliphatic rings. The zero-order valence-corrected chi connectivity index (χ0v) is 90.7. The number of phenolic OH excluding ortho intramolecular Hbond substituents is 2. The highest BCUT2D eigenvalue weighted by Gasteiger charge is 2.41. The van der Waals surface area contributed by atoms with Gasteiger partial charge in [0, 0.05) is 81.3 Å². The molecule has 0 bridgehead atoms. The molecule has 23 nitrogen and oxygen atoms in total. The van der Waals surface area contributed by atoms with Crippen LogP contribution in [0.25, 0.3) is 32.3 Å². The largest absolute Gasteiger partial charge is 0.507 e. The van der Waals surface area contributed by atoms with E-state index in [1.54, 1.807) is 42.5 Å². The maximum Gasteiger partial charge on any atom is 0.342 e. The van der Waals surface area contributed by atoms with Crippen LogP contribution in [0.3, 0.4) is 0 Å². The highest BCUT2D eigenvalue weighted by atomic mass is 79.9. The number of phenols is 2. The standard InChI is InChI=1S/C22H27NO3.C20H29NO3.2C19H22BrNO3.C19H22BrNO2.C19H27NO3/c1-22(2,19-12-14-23-15-13-19)26-21(24)18-8-10-20(11-9-18)25-16-17-6-4-3-5-7-17;1-20(2,17-12-14-21-15-13-17)24-19(23)11-7-6-10-18(22)16-8-4-3-5-9-16;1-19(2,14-5-7-21-8-6-14)24-18(23)16-10-13-9-15(20)4-3-12(13)11-17(16)22;1-19(2,13-7-9-21-10-8-13)24-18(23)15-11-12-5-3-4-6-14(12)16(20)17(15)22;1-19(2,14-9-11-21-12-10-14)23-18(22)16-8-7-13-5-3-4-6-15(13)17(16)20;1-19(2,16-11-13-20-14-12-16)23-18(22)10-6-9-17(21)15-7-4-3-5-8-15/h3-11,19,23H,12-16H2,1-2H3;3-5,8-9,17,21H,6-7,10-15H2,1-2H3;3-4,9-11,14,21-22H,5-8H2,1-2H3;3-6,11,13,21-22H,7-10H2,1-2H3;3-8,14,21H,9-12H2,1-2H3;3-5,7-8,16,20H,6,9-14H2,1-2H3. The number of benzene rings is 10. The molecular weight excluding hydrogens is 2010 g/mol. The number of carbonyl (C=O) groups is 8. The summed E-state index contributed by atoms with van der Waals surface area (Å²) in [5.74, 6) is 1.24. The van der Waals surface area contributed by atoms with Crippen molar-refractivity contribution in [2.45, 2.75) is 245 Å². The Hall–Kier alpha value is -10.3. The number of unbranched alkanes of at least 4 members (excludes halogenated alkanes) is 1. The molecule has 0 radical (unpaired) electrons. The molecule has 26 heteroatoms. The first kappa shape index (κ1) is 114. The first-order chi connectivity index (χ1) is 68.8. The lowest BCUT2D eigenvalue weighted by Crippen LogP contribution is -2.42. The number of aromatic hydroxyl groups is 2. The van der Waals surface area contributed by atoms with E-state index in [-0.39, 0.29) is 58.1 Å². The number of halogens is 3. The molecule has 6 heterocycles. The topological polar surface area (TPSA) is 314 Å². The summed E-state index contributed by atoms with van der Waals surface area (Å²) in [5, 5.41) is 46.3. The van der Waals surface area contributed by atoms with Crippen molar-refractivity contribution < 1.29 is 81.7 Å². The van der Waals surface area contributed by atoms with Crippen molar-refractivity contribution in [1.82, 2.24) is 31.9 Å². The molecule has 6 fully saturated rings. The minimum absolute atomic E-state index is 0.0454. The van der Waals surface area contributed by atoms with Gasteiger partial charge in [-0.2, -0.15) is 0 Å². The number of hydrogen-bond donors (Lipinski definition) is 8. The summed E-state index contributed by atoms with van der Waals surface area (Å²) in [5.41, 5.74) is 1.24. The first-order valence-electron chi connectivity index (χ1n) is 51.3. The third kappa shape index (κ3) is 34.4. The molecule has 0 aromatic heterocycles. The van der Waals surface area contributed by atoms with Crippen LogP contribution < -0.4 is 36.6 Å². The van der Waals surface area contributed by atoms with E-state index < -0.39 is 45.5 Å². The monoisotopic (exact) mass is 2160 g/mol. The Morgan fingerprint density at radius 3 is 1.06 bits per heavy atom. The quantitative estimate of drug-likeness (QED) is 0.00897. The first-order valence-corrected chi connectivity index (χ1v) is 53.7. The van der Waals surface area contributed by atoms with Gasteiger partial charge in [0.25, 0.3) is 0 Å². The number of ketones is 2. The summed E-state index contributed by atoms with van der Waals surface area (Å²) in [6.07, 6.45) is 15.7. The van der Waals surface area contributed by atoms with Gasteiger partial charge < -0.3 is 75.3 Å². The van der Waals surface area contributed by atoms with E-state index in [0.29, 0.717) is 102 Å². The van der Waals surface area contributed by atoms with Gasteiger partial charge in [-0.05, 0) is 388 Å². The fourth-order valence-electron chi connectivity index (χ4n) is 19.6. The van der Waals surface area contributed by atoms with E-state index in [1.807, 2.05) is 253 Å². The summed E-state index contributed by atoms with van der Waals surface area (Å²) in [4.78, 5) is 98.7. The maximum atomic E-state index is 12.7. The second kappa shape index (κ2) is 55.0. The van der Waals surface area contributed by atoms with E-state index in [4.69, 9.17) is 33.2 Å². The Labute approximate surface area is 876 Å².